The van der Waals surface area contributed by atoms with E-state index in [1.54, 1.807) is 24.5 Å². The third-order valence-corrected chi connectivity index (χ3v) is 6.94. The molecule has 2 N–H and O–H groups in total. The number of nitrogens with zero attached hydrogens (tertiary/aromatic N) is 2. The van der Waals surface area contributed by atoms with Gasteiger partial charge >= 0.3 is 0 Å². The maximum atomic E-state index is 14.5. The third-order valence-electron chi connectivity index (χ3n) is 5.86. The number of benzene rings is 2. The van der Waals surface area contributed by atoms with E-state index < -0.39 is 11.7 Å². The van der Waals surface area contributed by atoms with Crippen molar-refractivity contribution in [3.8, 4) is 16.9 Å². The highest BCUT2D eigenvalue weighted by Gasteiger charge is 2.23. The van der Waals surface area contributed by atoms with Gasteiger partial charge in [0.2, 0.25) is 0 Å². The molecule has 1 aliphatic heterocycles. The maximum absolute atomic E-state index is 14.5. The molecule has 8 nitrogen and oxygen atoms in total. The summed E-state index contributed by atoms with van der Waals surface area (Å²) in [6, 6.07) is 15.4. The number of carbonyl (C=O) groups is 2. The van der Waals surface area contributed by atoms with Gasteiger partial charge in [0.25, 0.3) is 11.8 Å². The molecule has 1 aliphatic rings. The Morgan fingerprint density at radius 1 is 1.16 bits per heavy atom. The van der Waals surface area contributed by atoms with Gasteiger partial charge in [0.05, 0.1) is 27.4 Å². The summed E-state index contributed by atoms with van der Waals surface area (Å²) in [6.45, 7) is 0.495. The van der Waals surface area contributed by atoms with Gasteiger partial charge in [-0.1, -0.05) is 29.4 Å². The highest BCUT2D eigenvalue weighted by atomic mass is 32.1. The Hall–Kier alpha value is -4.31. The van der Waals surface area contributed by atoms with Gasteiger partial charge < -0.3 is 20.2 Å². The lowest BCUT2D eigenvalue weighted by molar-refractivity contribution is 0.0472. The number of thiophene rings is 1. The summed E-state index contributed by atoms with van der Waals surface area (Å²) in [5, 5.41) is 10.4. The van der Waals surface area contributed by atoms with E-state index in [-0.39, 0.29) is 30.7 Å². The van der Waals surface area contributed by atoms with Crippen LogP contribution in [0, 0.1) is 5.82 Å². The number of fused-ring (bicyclic) bond motifs is 1. The van der Waals surface area contributed by atoms with Crippen molar-refractivity contribution in [2.75, 3.05) is 20.2 Å². The number of para-hydroxylation sites is 1. The molecule has 0 saturated carbocycles. The molecule has 1 unspecified atom stereocenters. The zero-order valence-corrected chi connectivity index (χ0v) is 20.7. The van der Waals surface area contributed by atoms with Crippen LogP contribution in [0.25, 0.3) is 21.2 Å². The molecule has 2 aromatic heterocycles. The summed E-state index contributed by atoms with van der Waals surface area (Å²) < 4.78 is 21.5. The average molecular weight is 519 g/mol. The monoisotopic (exact) mass is 518 g/mol. The smallest absolute Gasteiger partial charge is 0.261 e. The van der Waals surface area contributed by atoms with Crippen molar-refractivity contribution in [3.63, 3.8) is 0 Å². The topological polar surface area (TPSA) is 102 Å². The lowest BCUT2D eigenvalue weighted by Crippen LogP contribution is -2.29. The number of nitrogens with one attached hydrogen (secondary N) is 2. The second kappa shape index (κ2) is 10.8. The van der Waals surface area contributed by atoms with Gasteiger partial charge in [-0.3, -0.25) is 14.6 Å². The van der Waals surface area contributed by atoms with Crippen LogP contribution in [0.15, 0.2) is 72.1 Å². The summed E-state index contributed by atoms with van der Waals surface area (Å²) in [5.41, 5.74) is 1.97. The molecule has 0 fully saturated rings. The van der Waals surface area contributed by atoms with E-state index in [1.807, 2.05) is 30.3 Å². The first-order chi connectivity index (χ1) is 18.0. The van der Waals surface area contributed by atoms with Crippen molar-refractivity contribution >= 4 is 38.9 Å². The Labute approximate surface area is 216 Å². The molecule has 0 spiro atoms. The molecule has 2 aromatic carbocycles. The number of aromatic nitrogens is 1. The number of amides is 2. The Morgan fingerprint density at radius 2 is 2.03 bits per heavy atom. The molecule has 5 rings (SSSR count). The van der Waals surface area contributed by atoms with Gasteiger partial charge in [0.15, 0.2) is 6.10 Å². The van der Waals surface area contributed by atoms with Gasteiger partial charge in [0.1, 0.15) is 18.2 Å². The summed E-state index contributed by atoms with van der Waals surface area (Å²) in [5.74, 6) is -0.718. The Balaban J connectivity index is 1.16. The van der Waals surface area contributed by atoms with E-state index in [1.165, 1.54) is 30.5 Å². The van der Waals surface area contributed by atoms with Crippen molar-refractivity contribution in [3.05, 3.63) is 83.2 Å². The van der Waals surface area contributed by atoms with Crippen molar-refractivity contribution < 1.29 is 23.6 Å². The number of carbonyl (C=O) groups excluding carboxylic acids is 2. The standard InChI is InChI=1S/C27H23FN4O4S/c1-29-26(33)21-7-6-16(10-22(21)28)20-4-2-3-5-23(20)35-15-19-12-18(32-36-19)13-31-27(34)24-11-17-8-9-30-14-25(17)37-24/h2-11,14,19H,12-13,15H2,1H3,(H,29,33)(H,31,34). The van der Waals surface area contributed by atoms with Crippen molar-refractivity contribution in [2.45, 2.75) is 12.5 Å². The number of ether oxygens (including phenoxy) is 1. The van der Waals surface area contributed by atoms with Crippen molar-refractivity contribution in [1.82, 2.24) is 15.6 Å². The van der Waals surface area contributed by atoms with Crippen LogP contribution in [0.3, 0.4) is 0 Å². The molecule has 0 saturated heterocycles. The fourth-order valence-corrected chi connectivity index (χ4v) is 4.91. The van der Waals surface area contributed by atoms with E-state index >= 15 is 0 Å². The minimum atomic E-state index is -0.613. The van der Waals surface area contributed by atoms with Crippen LogP contribution >= 0.6 is 11.3 Å². The van der Waals surface area contributed by atoms with Crippen LogP contribution in [0.1, 0.15) is 26.5 Å². The van der Waals surface area contributed by atoms with Crippen LogP contribution in [-0.4, -0.2) is 48.8 Å². The zero-order valence-electron chi connectivity index (χ0n) is 19.9. The van der Waals surface area contributed by atoms with Crippen LogP contribution in [0.4, 0.5) is 4.39 Å². The summed E-state index contributed by atoms with van der Waals surface area (Å²) in [6.07, 6.45) is 3.63. The van der Waals surface area contributed by atoms with Crippen molar-refractivity contribution in [2.24, 2.45) is 5.16 Å². The second-order valence-electron chi connectivity index (χ2n) is 8.38. The van der Waals surface area contributed by atoms with Gasteiger partial charge in [-0.05, 0) is 41.3 Å². The minimum Gasteiger partial charge on any atom is -0.489 e. The summed E-state index contributed by atoms with van der Waals surface area (Å²) in [7, 11) is 1.45. The van der Waals surface area contributed by atoms with Crippen LogP contribution < -0.4 is 15.4 Å². The Morgan fingerprint density at radius 3 is 2.84 bits per heavy atom. The predicted octanol–water partition coefficient (Wildman–Crippen LogP) is 4.42. The highest BCUT2D eigenvalue weighted by Crippen LogP contribution is 2.31. The van der Waals surface area contributed by atoms with Crippen LogP contribution in [0.2, 0.25) is 0 Å². The second-order valence-corrected chi connectivity index (χ2v) is 9.46. The maximum Gasteiger partial charge on any atom is 0.261 e. The molecule has 0 aliphatic carbocycles. The predicted molar refractivity (Wildman–Crippen MR) is 140 cm³/mol. The summed E-state index contributed by atoms with van der Waals surface area (Å²) >= 11 is 1.39. The normalized spacial score (nSPS) is 14.6. The molecule has 0 bridgehead atoms. The Kier molecular flexibility index (Phi) is 7.09. The molecular weight excluding hydrogens is 495 g/mol. The third kappa shape index (κ3) is 5.44. The van der Waals surface area contributed by atoms with Gasteiger partial charge in [-0.25, -0.2) is 4.39 Å². The van der Waals surface area contributed by atoms with Gasteiger partial charge in [-0.2, -0.15) is 0 Å². The van der Waals surface area contributed by atoms with E-state index in [0.29, 0.717) is 33.9 Å². The average Bonchev–Trinajstić information content (AvgIpc) is 3.57. The molecule has 37 heavy (non-hydrogen) atoms. The van der Waals surface area contributed by atoms with E-state index in [0.717, 1.165) is 10.1 Å². The lowest BCUT2D eigenvalue weighted by atomic mass is 10.0. The van der Waals surface area contributed by atoms with E-state index in [4.69, 9.17) is 9.57 Å². The first-order valence-corrected chi connectivity index (χ1v) is 12.4. The molecule has 4 aromatic rings. The SMILES string of the molecule is CNC(=O)c1ccc(-c2ccccc2OCC2CC(CNC(=O)c3cc4ccncc4s3)=NO2)cc1F. The highest BCUT2D eigenvalue weighted by molar-refractivity contribution is 7.20. The van der Waals surface area contributed by atoms with Crippen molar-refractivity contribution in [1.29, 1.82) is 0 Å². The zero-order chi connectivity index (χ0) is 25.8. The molecular formula is C27H23FN4O4S. The molecule has 188 valence electrons. The number of hydrogen-bond acceptors (Lipinski definition) is 7. The fourth-order valence-electron chi connectivity index (χ4n) is 3.96. The lowest BCUT2D eigenvalue weighted by Gasteiger charge is -2.14. The molecule has 2 amide bonds. The number of hydrogen-bond donors (Lipinski definition) is 2. The molecule has 3 heterocycles. The van der Waals surface area contributed by atoms with E-state index in [9.17, 15) is 14.0 Å². The molecule has 0 radical (unpaired) electrons. The number of pyridine rings is 1. The molecule has 10 heteroatoms. The minimum absolute atomic E-state index is 0.0230. The van der Waals surface area contributed by atoms with Crippen LogP contribution in [0.5, 0.6) is 5.75 Å². The number of oxime groups is 1. The quantitative estimate of drug-likeness (QED) is 0.360. The largest absolute Gasteiger partial charge is 0.489 e. The number of halogens is 1. The first-order valence-electron chi connectivity index (χ1n) is 11.6. The summed E-state index contributed by atoms with van der Waals surface area (Å²) in [4.78, 5) is 34.5. The van der Waals surface area contributed by atoms with E-state index in [2.05, 4.69) is 20.8 Å². The number of rotatable bonds is 8. The molecule has 1 atom stereocenters. The van der Waals surface area contributed by atoms with Crippen LogP contribution in [-0.2, 0) is 4.84 Å². The first kappa shape index (κ1) is 24.4. The fraction of sp³-hybridized carbons (Fsp3) is 0.185. The Bertz CT molecular complexity index is 1470. The van der Waals surface area contributed by atoms with Gasteiger partial charge in [0, 0.05) is 31.4 Å². The van der Waals surface area contributed by atoms with Gasteiger partial charge in [-0.15, -0.1) is 11.3 Å².